The Hall–Kier alpha value is -0.830. The zero-order valence-electron chi connectivity index (χ0n) is 8.63. The highest BCUT2D eigenvalue weighted by Gasteiger charge is 2.08. The van der Waals surface area contributed by atoms with Crippen molar-refractivity contribution < 1.29 is 9.90 Å². The van der Waals surface area contributed by atoms with E-state index in [1.165, 1.54) is 0 Å². The van der Waals surface area contributed by atoms with Crippen LogP contribution < -0.4 is 5.32 Å². The van der Waals surface area contributed by atoms with Crippen molar-refractivity contribution in [3.8, 4) is 0 Å². The molecular formula is C10H19NO2. The number of carbonyl (C=O) groups is 1. The van der Waals surface area contributed by atoms with Gasteiger partial charge in [-0.1, -0.05) is 20.4 Å². The minimum Gasteiger partial charge on any atom is -0.391 e. The molecule has 76 valence electrons. The first-order valence-electron chi connectivity index (χ1n) is 4.55. The van der Waals surface area contributed by atoms with Crippen LogP contribution in [0.4, 0.5) is 0 Å². The van der Waals surface area contributed by atoms with E-state index in [-0.39, 0.29) is 5.91 Å². The predicted molar refractivity (Wildman–Crippen MR) is 53.3 cm³/mol. The highest BCUT2D eigenvalue weighted by Crippen LogP contribution is 2.03. The fraction of sp³-hybridized carbons (Fsp3) is 0.700. The van der Waals surface area contributed by atoms with E-state index in [0.29, 0.717) is 24.5 Å². The third-order valence-corrected chi connectivity index (χ3v) is 1.63. The monoisotopic (exact) mass is 185 g/mol. The molecule has 0 fully saturated rings. The van der Waals surface area contributed by atoms with Gasteiger partial charge in [-0.25, -0.2) is 0 Å². The molecule has 1 unspecified atom stereocenters. The van der Waals surface area contributed by atoms with Crippen LogP contribution in [0.25, 0.3) is 0 Å². The summed E-state index contributed by atoms with van der Waals surface area (Å²) in [6, 6.07) is 0. The highest BCUT2D eigenvalue weighted by molar-refractivity contribution is 5.92. The van der Waals surface area contributed by atoms with Gasteiger partial charge in [-0.2, -0.15) is 0 Å². The van der Waals surface area contributed by atoms with E-state index >= 15 is 0 Å². The second-order valence-corrected chi connectivity index (χ2v) is 3.77. The van der Waals surface area contributed by atoms with E-state index < -0.39 is 6.10 Å². The molecule has 0 aromatic rings. The Bertz CT molecular complexity index is 187. The molecule has 13 heavy (non-hydrogen) atoms. The second-order valence-electron chi connectivity index (χ2n) is 3.77. The number of hydrogen-bond donors (Lipinski definition) is 2. The lowest BCUT2D eigenvalue weighted by molar-refractivity contribution is -0.117. The molecule has 3 heteroatoms. The molecule has 0 aromatic heterocycles. The first-order valence-corrected chi connectivity index (χ1v) is 4.55. The summed E-state index contributed by atoms with van der Waals surface area (Å²) in [6.45, 7) is 9.52. The average Bonchev–Trinajstić information content (AvgIpc) is 1.98. The zero-order valence-corrected chi connectivity index (χ0v) is 8.63. The number of rotatable bonds is 5. The van der Waals surface area contributed by atoms with Gasteiger partial charge < -0.3 is 10.4 Å². The van der Waals surface area contributed by atoms with Gasteiger partial charge in [0.2, 0.25) is 5.91 Å². The lowest BCUT2D eigenvalue weighted by atomic mass is 10.1. The van der Waals surface area contributed by atoms with Crippen LogP contribution in [0.15, 0.2) is 12.2 Å². The molecule has 0 heterocycles. The van der Waals surface area contributed by atoms with Crippen LogP contribution in [0, 0.1) is 5.92 Å². The van der Waals surface area contributed by atoms with Gasteiger partial charge in [0.1, 0.15) is 0 Å². The summed E-state index contributed by atoms with van der Waals surface area (Å²) >= 11 is 0. The van der Waals surface area contributed by atoms with Crippen molar-refractivity contribution in [1.29, 1.82) is 0 Å². The molecule has 1 atom stereocenters. The Morgan fingerprint density at radius 1 is 1.54 bits per heavy atom. The zero-order chi connectivity index (χ0) is 10.4. The van der Waals surface area contributed by atoms with Crippen LogP contribution in [-0.4, -0.2) is 23.7 Å². The minimum absolute atomic E-state index is 0.192. The lowest BCUT2D eigenvalue weighted by Gasteiger charge is -2.13. The Kier molecular flexibility index (Phi) is 5.39. The van der Waals surface area contributed by atoms with E-state index in [9.17, 15) is 9.90 Å². The highest BCUT2D eigenvalue weighted by atomic mass is 16.3. The van der Waals surface area contributed by atoms with Gasteiger partial charge in [-0.05, 0) is 19.3 Å². The third-order valence-electron chi connectivity index (χ3n) is 1.63. The summed E-state index contributed by atoms with van der Waals surface area (Å²) in [5, 5.41) is 12.0. The van der Waals surface area contributed by atoms with Crippen molar-refractivity contribution in [1.82, 2.24) is 5.32 Å². The number of aliphatic hydroxyl groups is 1. The summed E-state index contributed by atoms with van der Waals surface area (Å²) in [4.78, 5) is 11.0. The Morgan fingerprint density at radius 3 is 2.46 bits per heavy atom. The maximum Gasteiger partial charge on any atom is 0.246 e. The van der Waals surface area contributed by atoms with Gasteiger partial charge in [-0.15, -0.1) is 0 Å². The number of aliphatic hydroxyl groups excluding tert-OH is 1. The molecule has 0 aliphatic rings. The van der Waals surface area contributed by atoms with Crippen molar-refractivity contribution in [2.45, 2.75) is 33.3 Å². The van der Waals surface area contributed by atoms with Gasteiger partial charge in [0.05, 0.1) is 6.10 Å². The smallest absolute Gasteiger partial charge is 0.246 e. The van der Waals surface area contributed by atoms with Crippen LogP contribution in [-0.2, 0) is 4.79 Å². The van der Waals surface area contributed by atoms with Gasteiger partial charge in [-0.3, -0.25) is 4.79 Å². The molecular weight excluding hydrogens is 166 g/mol. The molecule has 0 saturated heterocycles. The lowest BCUT2D eigenvalue weighted by Crippen LogP contribution is -2.32. The number of hydrogen-bond acceptors (Lipinski definition) is 2. The topological polar surface area (TPSA) is 49.3 Å². The van der Waals surface area contributed by atoms with Gasteiger partial charge in [0, 0.05) is 12.1 Å². The predicted octanol–water partition coefficient (Wildman–Crippen LogP) is 1.09. The SMILES string of the molecule is C=C(C)C(=O)NCC(O)CC(C)C. The molecule has 0 aliphatic heterocycles. The second kappa shape index (κ2) is 5.75. The fourth-order valence-electron chi connectivity index (χ4n) is 0.989. The molecule has 1 amide bonds. The summed E-state index contributed by atoms with van der Waals surface area (Å²) in [7, 11) is 0. The van der Waals surface area contributed by atoms with Crippen molar-refractivity contribution in [3.63, 3.8) is 0 Å². The Morgan fingerprint density at radius 2 is 2.08 bits per heavy atom. The average molecular weight is 185 g/mol. The summed E-state index contributed by atoms with van der Waals surface area (Å²) < 4.78 is 0. The maximum atomic E-state index is 11.0. The molecule has 0 aromatic carbocycles. The van der Waals surface area contributed by atoms with Crippen LogP contribution in [0.5, 0.6) is 0 Å². The van der Waals surface area contributed by atoms with E-state index in [1.807, 2.05) is 13.8 Å². The fourth-order valence-corrected chi connectivity index (χ4v) is 0.989. The van der Waals surface area contributed by atoms with Gasteiger partial charge >= 0.3 is 0 Å². The Balaban J connectivity index is 3.64. The van der Waals surface area contributed by atoms with Crippen molar-refractivity contribution in [3.05, 3.63) is 12.2 Å². The van der Waals surface area contributed by atoms with E-state index in [0.717, 1.165) is 0 Å². The van der Waals surface area contributed by atoms with Crippen LogP contribution in [0.1, 0.15) is 27.2 Å². The van der Waals surface area contributed by atoms with Crippen LogP contribution in [0.3, 0.4) is 0 Å². The van der Waals surface area contributed by atoms with Gasteiger partial charge in [0.25, 0.3) is 0 Å². The van der Waals surface area contributed by atoms with Gasteiger partial charge in [0.15, 0.2) is 0 Å². The first kappa shape index (κ1) is 12.2. The van der Waals surface area contributed by atoms with E-state index in [1.54, 1.807) is 6.92 Å². The molecule has 2 N–H and O–H groups in total. The first-order chi connectivity index (χ1) is 5.93. The molecule has 0 spiro atoms. The van der Waals surface area contributed by atoms with Crippen LogP contribution in [0.2, 0.25) is 0 Å². The Labute approximate surface area is 79.8 Å². The molecule has 0 saturated carbocycles. The molecule has 0 bridgehead atoms. The summed E-state index contributed by atoms with van der Waals surface area (Å²) in [5.74, 6) is 0.250. The summed E-state index contributed by atoms with van der Waals surface area (Å²) in [6.07, 6.45) is 0.250. The van der Waals surface area contributed by atoms with Crippen molar-refractivity contribution >= 4 is 5.91 Å². The van der Waals surface area contributed by atoms with E-state index in [4.69, 9.17) is 0 Å². The number of amides is 1. The molecule has 0 aliphatic carbocycles. The largest absolute Gasteiger partial charge is 0.391 e. The third kappa shape index (κ3) is 6.34. The molecule has 0 radical (unpaired) electrons. The normalized spacial score (nSPS) is 12.7. The summed E-state index contributed by atoms with van der Waals surface area (Å²) in [5.41, 5.74) is 0.469. The van der Waals surface area contributed by atoms with Crippen LogP contribution >= 0.6 is 0 Å². The molecule has 3 nitrogen and oxygen atoms in total. The maximum absolute atomic E-state index is 11.0. The minimum atomic E-state index is -0.455. The number of nitrogens with one attached hydrogen (secondary N) is 1. The molecule has 0 rings (SSSR count). The number of carbonyl (C=O) groups excluding carboxylic acids is 1. The van der Waals surface area contributed by atoms with E-state index in [2.05, 4.69) is 11.9 Å². The standard InChI is InChI=1S/C10H19NO2/c1-7(2)5-9(12)6-11-10(13)8(3)4/h7,9,12H,3,5-6H2,1-2,4H3,(H,11,13). The quantitative estimate of drug-likeness (QED) is 0.630. The van der Waals surface area contributed by atoms with Crippen molar-refractivity contribution in [2.24, 2.45) is 5.92 Å². The van der Waals surface area contributed by atoms with Crippen molar-refractivity contribution in [2.75, 3.05) is 6.54 Å².